The summed E-state index contributed by atoms with van der Waals surface area (Å²) in [6.45, 7) is 3.35. The van der Waals surface area contributed by atoms with Crippen molar-refractivity contribution < 1.29 is 9.59 Å². The largest absolute Gasteiger partial charge is 0.366 e. The normalized spacial score (nSPS) is 22.6. The van der Waals surface area contributed by atoms with E-state index in [9.17, 15) is 9.59 Å². The standard InChI is InChI=1S/C15H21N3O2/c1-10-3-2-8-18(13(10)9-16)15(20)12-6-4-11(5-7-12)14(17)19/h4-7,10,13H,2-3,8-9,16H2,1H3,(H2,17,19)/t10-,13-/m1/s1. The van der Waals surface area contributed by atoms with Crippen molar-refractivity contribution in [2.24, 2.45) is 17.4 Å². The smallest absolute Gasteiger partial charge is 0.254 e. The fourth-order valence-electron chi connectivity index (χ4n) is 2.80. The summed E-state index contributed by atoms with van der Waals surface area (Å²) >= 11 is 0. The average Bonchev–Trinajstić information content (AvgIpc) is 2.46. The molecule has 0 aliphatic carbocycles. The Morgan fingerprint density at radius 3 is 2.40 bits per heavy atom. The van der Waals surface area contributed by atoms with Crippen LogP contribution in [0.1, 0.15) is 40.5 Å². The topological polar surface area (TPSA) is 89.4 Å². The Labute approximate surface area is 118 Å². The summed E-state index contributed by atoms with van der Waals surface area (Å²) in [5.41, 5.74) is 12.0. The summed E-state index contributed by atoms with van der Waals surface area (Å²) in [5, 5.41) is 0. The molecule has 0 bridgehead atoms. The zero-order valence-corrected chi connectivity index (χ0v) is 11.7. The van der Waals surface area contributed by atoms with Crippen molar-refractivity contribution in [3.05, 3.63) is 35.4 Å². The van der Waals surface area contributed by atoms with E-state index in [1.165, 1.54) is 0 Å². The summed E-state index contributed by atoms with van der Waals surface area (Å²) < 4.78 is 0. The molecule has 0 aromatic heterocycles. The molecule has 5 heteroatoms. The number of primary amides is 1. The maximum atomic E-state index is 12.5. The van der Waals surface area contributed by atoms with Crippen molar-refractivity contribution in [2.45, 2.75) is 25.8 Å². The summed E-state index contributed by atoms with van der Waals surface area (Å²) in [7, 11) is 0. The number of carbonyl (C=O) groups excluding carboxylic acids is 2. The molecule has 4 N–H and O–H groups in total. The molecule has 0 radical (unpaired) electrons. The Morgan fingerprint density at radius 1 is 1.25 bits per heavy atom. The third kappa shape index (κ3) is 2.82. The van der Waals surface area contributed by atoms with E-state index >= 15 is 0 Å². The van der Waals surface area contributed by atoms with Crippen LogP contribution in [0.25, 0.3) is 0 Å². The van der Waals surface area contributed by atoms with Crippen molar-refractivity contribution in [3.8, 4) is 0 Å². The van der Waals surface area contributed by atoms with Crippen LogP contribution in [0.4, 0.5) is 0 Å². The highest BCUT2D eigenvalue weighted by atomic mass is 16.2. The molecule has 1 saturated heterocycles. The minimum Gasteiger partial charge on any atom is -0.366 e. The Balaban J connectivity index is 2.19. The number of nitrogens with two attached hydrogens (primary N) is 2. The third-order valence-corrected chi connectivity index (χ3v) is 4.03. The maximum absolute atomic E-state index is 12.5. The van der Waals surface area contributed by atoms with E-state index in [-0.39, 0.29) is 11.9 Å². The van der Waals surface area contributed by atoms with E-state index in [1.807, 2.05) is 4.90 Å². The minimum absolute atomic E-state index is 0.0250. The number of piperidine rings is 1. The highest BCUT2D eigenvalue weighted by molar-refractivity contribution is 5.97. The first-order chi connectivity index (χ1) is 9.54. The maximum Gasteiger partial charge on any atom is 0.254 e. The van der Waals surface area contributed by atoms with Gasteiger partial charge in [-0.25, -0.2) is 0 Å². The lowest BCUT2D eigenvalue weighted by atomic mass is 9.90. The van der Waals surface area contributed by atoms with Gasteiger partial charge in [-0.2, -0.15) is 0 Å². The molecular weight excluding hydrogens is 254 g/mol. The quantitative estimate of drug-likeness (QED) is 0.861. The number of likely N-dealkylation sites (tertiary alicyclic amines) is 1. The fraction of sp³-hybridized carbons (Fsp3) is 0.467. The van der Waals surface area contributed by atoms with Crippen LogP contribution >= 0.6 is 0 Å². The summed E-state index contributed by atoms with van der Waals surface area (Å²) in [5.74, 6) is -0.0963. The number of hydrogen-bond donors (Lipinski definition) is 2. The van der Waals surface area contributed by atoms with Gasteiger partial charge < -0.3 is 16.4 Å². The molecule has 1 aromatic carbocycles. The van der Waals surface area contributed by atoms with Gasteiger partial charge in [-0.15, -0.1) is 0 Å². The summed E-state index contributed by atoms with van der Waals surface area (Å²) in [6.07, 6.45) is 2.11. The Hall–Kier alpha value is -1.88. The molecule has 1 aromatic rings. The first-order valence-corrected chi connectivity index (χ1v) is 6.95. The predicted molar refractivity (Wildman–Crippen MR) is 77.2 cm³/mol. The van der Waals surface area contributed by atoms with Crippen molar-refractivity contribution in [2.75, 3.05) is 13.1 Å². The van der Waals surface area contributed by atoms with Crippen molar-refractivity contribution in [1.82, 2.24) is 4.90 Å². The molecule has 0 saturated carbocycles. The molecule has 1 fully saturated rings. The van der Waals surface area contributed by atoms with Gasteiger partial charge in [-0.3, -0.25) is 9.59 Å². The summed E-state index contributed by atoms with van der Waals surface area (Å²) in [6, 6.07) is 6.55. The van der Waals surface area contributed by atoms with Gasteiger partial charge in [0.2, 0.25) is 5.91 Å². The number of nitrogens with zero attached hydrogens (tertiary/aromatic N) is 1. The van der Waals surface area contributed by atoms with E-state index in [4.69, 9.17) is 11.5 Å². The van der Waals surface area contributed by atoms with Gasteiger partial charge in [0, 0.05) is 30.3 Å². The Morgan fingerprint density at radius 2 is 1.85 bits per heavy atom. The van der Waals surface area contributed by atoms with Crippen LogP contribution in [-0.4, -0.2) is 35.8 Å². The highest BCUT2D eigenvalue weighted by Crippen LogP contribution is 2.24. The van der Waals surface area contributed by atoms with E-state index in [0.717, 1.165) is 19.4 Å². The number of amides is 2. The molecule has 2 atom stereocenters. The van der Waals surface area contributed by atoms with Crippen LogP contribution in [0.2, 0.25) is 0 Å². The van der Waals surface area contributed by atoms with E-state index in [1.54, 1.807) is 24.3 Å². The Bertz CT molecular complexity index is 498. The third-order valence-electron chi connectivity index (χ3n) is 4.03. The van der Waals surface area contributed by atoms with Crippen LogP contribution in [-0.2, 0) is 0 Å². The van der Waals surface area contributed by atoms with E-state index in [2.05, 4.69) is 6.92 Å². The SMILES string of the molecule is C[C@@H]1CCCN(C(=O)c2ccc(C(N)=O)cc2)[C@@H]1CN. The minimum atomic E-state index is -0.490. The molecule has 2 rings (SSSR count). The lowest BCUT2D eigenvalue weighted by molar-refractivity contribution is 0.0532. The fourth-order valence-corrected chi connectivity index (χ4v) is 2.80. The highest BCUT2D eigenvalue weighted by Gasteiger charge is 2.31. The zero-order valence-electron chi connectivity index (χ0n) is 11.7. The first-order valence-electron chi connectivity index (χ1n) is 6.95. The monoisotopic (exact) mass is 275 g/mol. The number of carbonyl (C=O) groups is 2. The molecule has 0 spiro atoms. The second-order valence-electron chi connectivity index (χ2n) is 5.36. The number of hydrogen-bond acceptors (Lipinski definition) is 3. The number of rotatable bonds is 3. The van der Waals surface area contributed by atoms with Crippen molar-refractivity contribution in [1.29, 1.82) is 0 Å². The molecule has 108 valence electrons. The van der Waals surface area contributed by atoms with Crippen LogP contribution in [0.15, 0.2) is 24.3 Å². The second-order valence-corrected chi connectivity index (χ2v) is 5.36. The molecule has 1 heterocycles. The molecule has 5 nitrogen and oxygen atoms in total. The van der Waals surface area contributed by atoms with Gasteiger partial charge in [0.25, 0.3) is 5.91 Å². The van der Waals surface area contributed by atoms with Gasteiger partial charge in [-0.1, -0.05) is 6.92 Å². The van der Waals surface area contributed by atoms with Gasteiger partial charge >= 0.3 is 0 Å². The zero-order chi connectivity index (χ0) is 14.7. The lowest BCUT2D eigenvalue weighted by Gasteiger charge is -2.39. The average molecular weight is 275 g/mol. The van der Waals surface area contributed by atoms with Crippen LogP contribution < -0.4 is 11.5 Å². The van der Waals surface area contributed by atoms with Gasteiger partial charge in [-0.05, 0) is 43.0 Å². The predicted octanol–water partition coefficient (Wildman–Crippen LogP) is 0.985. The molecule has 20 heavy (non-hydrogen) atoms. The van der Waals surface area contributed by atoms with Gasteiger partial charge in [0.15, 0.2) is 0 Å². The Kier molecular flexibility index (Phi) is 4.39. The summed E-state index contributed by atoms with van der Waals surface area (Å²) in [4.78, 5) is 25.4. The molecular formula is C15H21N3O2. The first kappa shape index (κ1) is 14.5. The second kappa shape index (κ2) is 6.05. The molecule has 0 unspecified atom stereocenters. The van der Waals surface area contributed by atoms with Crippen LogP contribution in [0.5, 0.6) is 0 Å². The van der Waals surface area contributed by atoms with Gasteiger partial charge in [0.1, 0.15) is 0 Å². The molecule has 1 aliphatic heterocycles. The number of benzene rings is 1. The van der Waals surface area contributed by atoms with Crippen molar-refractivity contribution >= 4 is 11.8 Å². The molecule has 1 aliphatic rings. The van der Waals surface area contributed by atoms with E-state index < -0.39 is 5.91 Å². The van der Waals surface area contributed by atoms with Crippen molar-refractivity contribution in [3.63, 3.8) is 0 Å². The van der Waals surface area contributed by atoms with Crippen LogP contribution in [0, 0.1) is 5.92 Å². The lowest BCUT2D eigenvalue weighted by Crippen LogP contribution is -2.51. The van der Waals surface area contributed by atoms with E-state index in [0.29, 0.717) is 23.6 Å². The molecule has 2 amide bonds. The van der Waals surface area contributed by atoms with Crippen LogP contribution in [0.3, 0.4) is 0 Å². The van der Waals surface area contributed by atoms with Gasteiger partial charge in [0.05, 0.1) is 0 Å².